The van der Waals surface area contributed by atoms with Crippen molar-refractivity contribution in [3.63, 3.8) is 0 Å². The SMILES string of the molecule is CC1(C)c2ccccc2Sc2c1ccc1c3ccc(C(F)c4ccc5c6ccccc6n6ccnc6c5c4)cc3n(-c3ccccn3)c21. The number of fused-ring (bicyclic) bond motifs is 12. The summed E-state index contributed by atoms with van der Waals surface area (Å²) in [5.74, 6) is 0.815. The van der Waals surface area contributed by atoms with Crippen LogP contribution in [0, 0.1) is 0 Å². The van der Waals surface area contributed by atoms with E-state index in [1.165, 1.54) is 20.9 Å². The van der Waals surface area contributed by atoms with Gasteiger partial charge in [-0.2, -0.15) is 0 Å². The van der Waals surface area contributed by atoms with E-state index in [0.717, 1.165) is 54.9 Å². The van der Waals surface area contributed by atoms with E-state index in [4.69, 9.17) is 4.98 Å². The lowest BCUT2D eigenvalue weighted by Gasteiger charge is -2.35. The molecule has 0 aliphatic carbocycles. The molecule has 48 heavy (non-hydrogen) atoms. The van der Waals surface area contributed by atoms with Crippen LogP contribution in [0.2, 0.25) is 0 Å². The molecule has 10 rings (SSSR count). The zero-order chi connectivity index (χ0) is 32.1. The summed E-state index contributed by atoms with van der Waals surface area (Å²) in [5.41, 5.74) is 7.63. The second kappa shape index (κ2) is 10.0. The monoisotopic (exact) mass is 640 g/mol. The molecule has 0 bridgehead atoms. The Kier molecular flexibility index (Phi) is 5.77. The van der Waals surface area contributed by atoms with E-state index in [1.54, 1.807) is 0 Å². The van der Waals surface area contributed by atoms with Crippen LogP contribution < -0.4 is 0 Å². The molecule has 5 heterocycles. The van der Waals surface area contributed by atoms with E-state index >= 15 is 4.39 Å². The van der Waals surface area contributed by atoms with Gasteiger partial charge in [-0.3, -0.25) is 8.97 Å². The maximum Gasteiger partial charge on any atom is 0.150 e. The maximum atomic E-state index is 16.8. The molecule has 4 nitrogen and oxygen atoms in total. The Bertz CT molecular complexity index is 2760. The van der Waals surface area contributed by atoms with Gasteiger partial charge in [-0.1, -0.05) is 104 Å². The number of hydrogen-bond acceptors (Lipinski definition) is 3. The molecule has 0 saturated heterocycles. The van der Waals surface area contributed by atoms with Gasteiger partial charge in [0, 0.05) is 55.3 Å². The van der Waals surface area contributed by atoms with Crippen molar-refractivity contribution in [1.82, 2.24) is 18.9 Å². The van der Waals surface area contributed by atoms with Crippen molar-refractivity contribution in [3.8, 4) is 5.82 Å². The van der Waals surface area contributed by atoms with Crippen molar-refractivity contribution >= 4 is 60.9 Å². The molecule has 0 saturated carbocycles. The Morgan fingerprint density at radius 1 is 0.646 bits per heavy atom. The van der Waals surface area contributed by atoms with E-state index in [2.05, 4.69) is 82.4 Å². The third-order valence-electron chi connectivity index (χ3n) is 10.2. The molecule has 0 amide bonds. The summed E-state index contributed by atoms with van der Waals surface area (Å²) in [7, 11) is 0. The Morgan fingerprint density at radius 3 is 2.27 bits per heavy atom. The van der Waals surface area contributed by atoms with Crippen LogP contribution in [0.5, 0.6) is 0 Å². The molecule has 0 radical (unpaired) electrons. The molecule has 1 atom stereocenters. The average Bonchev–Trinajstić information content (AvgIpc) is 3.75. The highest BCUT2D eigenvalue weighted by atomic mass is 32.2. The molecular weight excluding hydrogens is 612 g/mol. The van der Waals surface area contributed by atoms with Gasteiger partial charge in [0.1, 0.15) is 11.5 Å². The largest absolute Gasteiger partial charge is 0.299 e. The van der Waals surface area contributed by atoms with E-state index in [1.807, 2.05) is 91.0 Å². The van der Waals surface area contributed by atoms with Crippen LogP contribution in [0.4, 0.5) is 4.39 Å². The molecule has 6 heteroatoms. The summed E-state index contributed by atoms with van der Waals surface area (Å²) in [5, 5.41) is 5.34. The van der Waals surface area contributed by atoms with Crippen molar-refractivity contribution in [2.75, 3.05) is 0 Å². The summed E-state index contributed by atoms with van der Waals surface area (Å²) in [6.07, 6.45) is 4.27. The molecule has 1 aliphatic heterocycles. The third-order valence-corrected chi connectivity index (χ3v) is 11.4. The number of aromatic nitrogens is 4. The minimum atomic E-state index is -1.33. The normalized spacial score (nSPS) is 14.6. The minimum Gasteiger partial charge on any atom is -0.299 e. The maximum absolute atomic E-state index is 16.8. The van der Waals surface area contributed by atoms with Crippen molar-refractivity contribution in [3.05, 3.63) is 156 Å². The van der Waals surface area contributed by atoms with Gasteiger partial charge in [0.25, 0.3) is 0 Å². The molecule has 1 aliphatic rings. The van der Waals surface area contributed by atoms with Crippen LogP contribution in [-0.4, -0.2) is 18.9 Å². The lowest BCUT2D eigenvalue weighted by atomic mass is 9.77. The molecule has 1 unspecified atom stereocenters. The van der Waals surface area contributed by atoms with Crippen LogP contribution in [0.3, 0.4) is 0 Å². The third kappa shape index (κ3) is 3.78. The molecular formula is C42H29FN4S. The van der Waals surface area contributed by atoms with Gasteiger partial charge in [-0.15, -0.1) is 0 Å². The quantitative estimate of drug-likeness (QED) is 0.180. The number of para-hydroxylation sites is 1. The fraction of sp³-hybridized carbons (Fsp3) is 0.0952. The van der Waals surface area contributed by atoms with Gasteiger partial charge in [0.05, 0.1) is 16.6 Å². The predicted molar refractivity (Wildman–Crippen MR) is 194 cm³/mol. The first kappa shape index (κ1) is 27.6. The first-order valence-electron chi connectivity index (χ1n) is 16.2. The van der Waals surface area contributed by atoms with E-state index in [9.17, 15) is 0 Å². The summed E-state index contributed by atoms with van der Waals surface area (Å²) in [6.45, 7) is 4.61. The van der Waals surface area contributed by atoms with E-state index in [0.29, 0.717) is 11.1 Å². The smallest absolute Gasteiger partial charge is 0.150 e. The molecule has 9 aromatic rings. The zero-order valence-corrected chi connectivity index (χ0v) is 27.2. The zero-order valence-electron chi connectivity index (χ0n) is 26.4. The number of imidazole rings is 1. The number of pyridine rings is 2. The Balaban J connectivity index is 1.19. The van der Waals surface area contributed by atoms with Crippen LogP contribution in [-0.2, 0) is 5.41 Å². The highest BCUT2D eigenvalue weighted by Gasteiger charge is 2.35. The first-order chi connectivity index (χ1) is 23.5. The minimum absolute atomic E-state index is 0.173. The van der Waals surface area contributed by atoms with Crippen molar-refractivity contribution in [2.45, 2.75) is 35.2 Å². The molecule has 230 valence electrons. The summed E-state index contributed by atoms with van der Waals surface area (Å²) in [6, 6.07) is 39.5. The summed E-state index contributed by atoms with van der Waals surface area (Å²) in [4.78, 5) is 12.0. The van der Waals surface area contributed by atoms with E-state index in [-0.39, 0.29) is 5.41 Å². The fourth-order valence-corrected chi connectivity index (χ4v) is 9.37. The van der Waals surface area contributed by atoms with Crippen molar-refractivity contribution in [2.24, 2.45) is 0 Å². The van der Waals surface area contributed by atoms with Crippen LogP contribution in [0.25, 0.3) is 54.9 Å². The average molecular weight is 641 g/mol. The van der Waals surface area contributed by atoms with Crippen LogP contribution in [0.15, 0.2) is 144 Å². The number of benzene rings is 5. The lowest BCUT2D eigenvalue weighted by Crippen LogP contribution is -2.24. The van der Waals surface area contributed by atoms with Crippen LogP contribution in [0.1, 0.15) is 42.3 Å². The Labute approximate surface area is 280 Å². The fourth-order valence-electron chi connectivity index (χ4n) is 7.84. The number of hydrogen-bond donors (Lipinski definition) is 0. The number of alkyl halides is 1. The highest BCUT2D eigenvalue weighted by Crippen LogP contribution is 2.53. The Hall–Kier alpha value is -5.46. The summed E-state index contributed by atoms with van der Waals surface area (Å²) < 4.78 is 21.2. The van der Waals surface area contributed by atoms with Crippen LogP contribution >= 0.6 is 11.8 Å². The Morgan fingerprint density at radius 2 is 1.40 bits per heavy atom. The molecule has 0 N–H and O–H groups in total. The molecule has 0 spiro atoms. The molecule has 4 aromatic heterocycles. The van der Waals surface area contributed by atoms with Gasteiger partial charge < -0.3 is 0 Å². The number of rotatable bonds is 3. The summed E-state index contributed by atoms with van der Waals surface area (Å²) >= 11 is 1.82. The van der Waals surface area contributed by atoms with Gasteiger partial charge in [-0.25, -0.2) is 14.4 Å². The number of nitrogens with zero attached hydrogens (tertiary/aromatic N) is 4. The lowest BCUT2D eigenvalue weighted by molar-refractivity contribution is 0.402. The van der Waals surface area contributed by atoms with Gasteiger partial charge in [0.2, 0.25) is 0 Å². The molecule has 0 fully saturated rings. The second-order valence-electron chi connectivity index (χ2n) is 13.2. The molecule has 5 aromatic carbocycles. The first-order valence-corrected chi connectivity index (χ1v) is 17.0. The van der Waals surface area contributed by atoms with Crippen molar-refractivity contribution < 1.29 is 4.39 Å². The van der Waals surface area contributed by atoms with Gasteiger partial charge in [0.15, 0.2) is 6.17 Å². The van der Waals surface area contributed by atoms with Crippen molar-refractivity contribution in [1.29, 1.82) is 0 Å². The predicted octanol–water partition coefficient (Wildman–Crippen LogP) is 11.0. The standard InChI is InChI=1S/C42H29FN4S/c1-42(2)32-10-4-6-12-36(32)48-40-33(42)19-18-30-29-17-15-26(24-35(29)47(39(30)40)37-13-7-8-20-44-37)38(43)25-14-16-27-28-9-3-5-11-34(28)46-22-21-45-41(46)31(27)23-25/h3-24,38H,1-2H3. The van der Waals surface area contributed by atoms with E-state index < -0.39 is 6.17 Å². The topological polar surface area (TPSA) is 35.1 Å². The second-order valence-corrected chi connectivity index (χ2v) is 14.2. The number of halogens is 1. The van der Waals surface area contributed by atoms with Gasteiger partial charge >= 0.3 is 0 Å². The van der Waals surface area contributed by atoms with Gasteiger partial charge in [-0.05, 0) is 64.0 Å². The highest BCUT2D eigenvalue weighted by molar-refractivity contribution is 7.99.